The number of halogens is 1. The first kappa shape index (κ1) is 20.2. The first-order valence-electron chi connectivity index (χ1n) is 9.23. The van der Waals surface area contributed by atoms with Crippen molar-refractivity contribution >= 4 is 29.9 Å². The molecule has 4 unspecified atom stereocenters. The molecule has 4 atom stereocenters. The molecular formula is C17H33IN4O2. The lowest BCUT2D eigenvalue weighted by Gasteiger charge is -2.25. The van der Waals surface area contributed by atoms with Crippen molar-refractivity contribution in [2.24, 2.45) is 4.99 Å². The predicted octanol–water partition coefficient (Wildman–Crippen LogP) is 1.59. The van der Waals surface area contributed by atoms with Crippen LogP contribution in [0.3, 0.4) is 0 Å². The fourth-order valence-electron chi connectivity index (χ4n) is 4.09. The Hall–Kier alpha value is -0.120. The molecule has 3 heterocycles. The summed E-state index contributed by atoms with van der Waals surface area (Å²) in [7, 11) is 1.77. The quantitative estimate of drug-likeness (QED) is 0.349. The number of methoxy groups -OCH3 is 1. The van der Waals surface area contributed by atoms with Crippen LogP contribution in [0.4, 0.5) is 0 Å². The zero-order valence-corrected chi connectivity index (χ0v) is 17.3. The molecule has 7 heteroatoms. The van der Waals surface area contributed by atoms with E-state index in [1.807, 2.05) is 0 Å². The molecule has 0 aromatic heterocycles. The van der Waals surface area contributed by atoms with Gasteiger partial charge in [-0.3, -0.25) is 9.89 Å². The second-order valence-corrected chi connectivity index (χ2v) is 6.90. The van der Waals surface area contributed by atoms with Gasteiger partial charge in [0.05, 0.1) is 31.4 Å². The monoisotopic (exact) mass is 452 g/mol. The minimum atomic E-state index is 0. The van der Waals surface area contributed by atoms with Gasteiger partial charge in [0.2, 0.25) is 0 Å². The van der Waals surface area contributed by atoms with Crippen molar-refractivity contribution in [3.8, 4) is 0 Å². The minimum absolute atomic E-state index is 0. The van der Waals surface area contributed by atoms with Crippen molar-refractivity contribution in [1.82, 2.24) is 15.5 Å². The van der Waals surface area contributed by atoms with Gasteiger partial charge in [0.25, 0.3) is 0 Å². The molecule has 2 N–H and O–H groups in total. The number of hydrogen-bond donors (Lipinski definition) is 2. The molecule has 2 bridgehead atoms. The molecule has 3 rings (SSSR count). The molecule has 3 aliphatic heterocycles. The molecule has 0 aromatic rings. The zero-order chi connectivity index (χ0) is 16.1. The number of fused-ring (bicyclic) bond motifs is 2. The number of aliphatic imine (C=N–C) groups is 1. The van der Waals surface area contributed by atoms with Crippen LogP contribution >= 0.6 is 24.0 Å². The average Bonchev–Trinajstić information content (AvgIpc) is 3.27. The minimum Gasteiger partial charge on any atom is -0.383 e. The van der Waals surface area contributed by atoms with Gasteiger partial charge >= 0.3 is 0 Å². The molecule has 24 heavy (non-hydrogen) atoms. The number of likely N-dealkylation sites (tertiary alicyclic amines) is 1. The maximum Gasteiger partial charge on any atom is 0.191 e. The summed E-state index contributed by atoms with van der Waals surface area (Å²) in [5, 5.41) is 6.99. The largest absolute Gasteiger partial charge is 0.383 e. The Kier molecular flexibility index (Phi) is 8.53. The van der Waals surface area contributed by atoms with Crippen molar-refractivity contribution < 1.29 is 9.47 Å². The van der Waals surface area contributed by atoms with Crippen LogP contribution in [0.2, 0.25) is 0 Å². The fourth-order valence-corrected chi connectivity index (χ4v) is 4.09. The molecule has 6 nitrogen and oxygen atoms in total. The topological polar surface area (TPSA) is 58.1 Å². The summed E-state index contributed by atoms with van der Waals surface area (Å²) < 4.78 is 11.2. The molecule has 140 valence electrons. The van der Waals surface area contributed by atoms with E-state index in [0.29, 0.717) is 24.3 Å². The van der Waals surface area contributed by atoms with Crippen molar-refractivity contribution in [1.29, 1.82) is 0 Å². The summed E-state index contributed by atoms with van der Waals surface area (Å²) in [6.07, 6.45) is 6.91. The Morgan fingerprint density at radius 1 is 1.33 bits per heavy atom. The summed E-state index contributed by atoms with van der Waals surface area (Å²) >= 11 is 0. The third-order valence-electron chi connectivity index (χ3n) is 5.31. The first-order chi connectivity index (χ1) is 11.3. The zero-order valence-electron chi connectivity index (χ0n) is 15.0. The number of nitrogens with one attached hydrogen (secondary N) is 2. The molecule has 3 saturated heterocycles. The Bertz CT molecular complexity index is 410. The van der Waals surface area contributed by atoms with E-state index < -0.39 is 0 Å². The van der Waals surface area contributed by atoms with Crippen molar-refractivity contribution in [2.75, 3.05) is 39.9 Å². The Balaban J connectivity index is 0.00000208. The number of rotatable bonds is 7. The highest BCUT2D eigenvalue weighted by Crippen LogP contribution is 2.34. The van der Waals surface area contributed by atoms with Gasteiger partial charge in [0.1, 0.15) is 0 Å². The molecular weight excluding hydrogens is 419 g/mol. The standard InChI is InChI=1S/C17H32N4O2.HI/c1-3-18-17(20-15-11-14-6-7-16(15)23-14)19-12-13-5-4-8-21(13)9-10-22-2;/h13-16H,3-12H2,1-2H3,(H2,18,19,20);1H. The first-order valence-corrected chi connectivity index (χ1v) is 9.23. The molecule has 0 aliphatic carbocycles. The maximum atomic E-state index is 5.94. The van der Waals surface area contributed by atoms with Crippen molar-refractivity contribution in [3.05, 3.63) is 0 Å². The number of ether oxygens (including phenoxy) is 2. The summed E-state index contributed by atoms with van der Waals surface area (Å²) in [5.74, 6) is 0.951. The van der Waals surface area contributed by atoms with Crippen molar-refractivity contribution in [3.63, 3.8) is 0 Å². The number of hydrogen-bond acceptors (Lipinski definition) is 4. The van der Waals surface area contributed by atoms with Gasteiger partial charge < -0.3 is 20.1 Å². The molecule has 0 spiro atoms. The van der Waals surface area contributed by atoms with Crippen LogP contribution in [0.25, 0.3) is 0 Å². The highest BCUT2D eigenvalue weighted by molar-refractivity contribution is 14.0. The molecule has 0 radical (unpaired) electrons. The van der Waals surface area contributed by atoms with E-state index in [-0.39, 0.29) is 24.0 Å². The third kappa shape index (κ3) is 5.19. The Morgan fingerprint density at radius 3 is 2.88 bits per heavy atom. The van der Waals surface area contributed by atoms with Crippen LogP contribution < -0.4 is 10.6 Å². The lowest BCUT2D eigenvalue weighted by Crippen LogP contribution is -2.48. The second kappa shape index (κ2) is 10.1. The van der Waals surface area contributed by atoms with Gasteiger partial charge in [0, 0.05) is 26.2 Å². The molecule has 3 fully saturated rings. The average molecular weight is 452 g/mol. The third-order valence-corrected chi connectivity index (χ3v) is 5.31. The lowest BCUT2D eigenvalue weighted by atomic mass is 9.96. The van der Waals surface area contributed by atoms with E-state index in [2.05, 4.69) is 22.5 Å². The van der Waals surface area contributed by atoms with Crippen LogP contribution in [-0.4, -0.2) is 75.0 Å². The van der Waals surface area contributed by atoms with Crippen LogP contribution in [0.1, 0.15) is 39.0 Å². The van der Waals surface area contributed by atoms with E-state index in [1.54, 1.807) is 7.11 Å². The van der Waals surface area contributed by atoms with E-state index in [1.165, 1.54) is 32.2 Å². The highest BCUT2D eigenvalue weighted by Gasteiger charge is 2.41. The molecule has 0 saturated carbocycles. The second-order valence-electron chi connectivity index (χ2n) is 6.90. The summed E-state index contributed by atoms with van der Waals surface area (Å²) in [6.45, 7) is 6.87. The van der Waals surface area contributed by atoms with Crippen LogP contribution in [0, 0.1) is 0 Å². The van der Waals surface area contributed by atoms with Gasteiger partial charge in [-0.05, 0) is 45.6 Å². The van der Waals surface area contributed by atoms with Gasteiger partial charge in [-0.1, -0.05) is 0 Å². The van der Waals surface area contributed by atoms with Crippen LogP contribution in [0.15, 0.2) is 4.99 Å². The van der Waals surface area contributed by atoms with Crippen LogP contribution in [0.5, 0.6) is 0 Å². The van der Waals surface area contributed by atoms with Gasteiger partial charge in [-0.15, -0.1) is 24.0 Å². The van der Waals surface area contributed by atoms with E-state index in [4.69, 9.17) is 14.5 Å². The van der Waals surface area contributed by atoms with Gasteiger partial charge in [-0.25, -0.2) is 0 Å². The normalized spacial score (nSPS) is 32.8. The highest BCUT2D eigenvalue weighted by atomic mass is 127. The predicted molar refractivity (Wildman–Crippen MR) is 107 cm³/mol. The van der Waals surface area contributed by atoms with E-state index in [0.717, 1.165) is 38.6 Å². The molecule has 3 aliphatic rings. The number of nitrogens with zero attached hydrogens (tertiary/aromatic N) is 2. The summed E-state index contributed by atoms with van der Waals surface area (Å²) in [4.78, 5) is 7.37. The summed E-state index contributed by atoms with van der Waals surface area (Å²) in [5.41, 5.74) is 0. The maximum absolute atomic E-state index is 5.94. The molecule has 0 amide bonds. The van der Waals surface area contributed by atoms with Crippen LogP contribution in [-0.2, 0) is 9.47 Å². The summed E-state index contributed by atoms with van der Waals surface area (Å²) in [6, 6.07) is 0.983. The van der Waals surface area contributed by atoms with Gasteiger partial charge in [-0.2, -0.15) is 0 Å². The van der Waals surface area contributed by atoms with Crippen molar-refractivity contribution in [2.45, 2.75) is 63.3 Å². The lowest BCUT2D eigenvalue weighted by molar-refractivity contribution is 0.0992. The SMILES string of the molecule is CCNC(=NCC1CCCN1CCOC)NC1CC2CCC1O2.I. The number of guanidine groups is 1. The van der Waals surface area contributed by atoms with Gasteiger partial charge in [0.15, 0.2) is 5.96 Å². The Morgan fingerprint density at radius 2 is 2.21 bits per heavy atom. The van der Waals surface area contributed by atoms with E-state index >= 15 is 0 Å². The van der Waals surface area contributed by atoms with E-state index in [9.17, 15) is 0 Å². The fraction of sp³-hybridized carbons (Fsp3) is 0.941. The molecule has 0 aromatic carbocycles. The smallest absolute Gasteiger partial charge is 0.191 e. The Labute approximate surface area is 163 Å².